The third-order valence-electron chi connectivity index (χ3n) is 6.61. The second-order valence-electron chi connectivity index (χ2n) is 8.51. The Morgan fingerprint density at radius 1 is 0.833 bits per heavy atom. The van der Waals surface area contributed by atoms with Gasteiger partial charge in [-0.2, -0.15) is 0 Å². The molecular formula is C24H28N4O2. The molecule has 2 amide bonds. The van der Waals surface area contributed by atoms with Crippen molar-refractivity contribution in [2.24, 2.45) is 0 Å². The molecule has 0 saturated carbocycles. The fourth-order valence-electron chi connectivity index (χ4n) is 4.91. The number of carbonyl (C=O) groups excluding carboxylic acids is 2. The summed E-state index contributed by atoms with van der Waals surface area (Å²) in [5, 5.41) is 6.26. The molecular weight excluding hydrogens is 376 g/mol. The molecule has 0 atom stereocenters. The van der Waals surface area contributed by atoms with E-state index >= 15 is 0 Å². The Morgan fingerprint density at radius 2 is 1.60 bits per heavy atom. The zero-order chi connectivity index (χ0) is 20.5. The first-order chi connectivity index (χ1) is 14.7. The first-order valence-electron chi connectivity index (χ1n) is 11.0. The van der Waals surface area contributed by atoms with Crippen LogP contribution in [0.15, 0.2) is 42.5 Å². The lowest BCUT2D eigenvalue weighted by Gasteiger charge is -2.40. The van der Waals surface area contributed by atoms with Crippen molar-refractivity contribution in [1.29, 1.82) is 0 Å². The number of nitrogens with one attached hydrogen (secondary N) is 2. The molecule has 3 heterocycles. The molecule has 0 aromatic heterocycles. The minimum absolute atomic E-state index is 0.0471. The largest absolute Gasteiger partial charge is 0.353 e. The van der Waals surface area contributed by atoms with Crippen LogP contribution in [0.1, 0.15) is 52.8 Å². The van der Waals surface area contributed by atoms with E-state index in [0.717, 1.165) is 37.3 Å². The summed E-state index contributed by atoms with van der Waals surface area (Å²) in [4.78, 5) is 30.3. The van der Waals surface area contributed by atoms with Crippen molar-refractivity contribution in [1.82, 2.24) is 9.80 Å². The molecule has 2 aromatic carbocycles. The number of benzene rings is 2. The van der Waals surface area contributed by atoms with Crippen LogP contribution in [-0.2, 0) is 0 Å². The smallest absolute Gasteiger partial charge is 0.257 e. The molecule has 5 rings (SSSR count). The SMILES string of the molecule is O=C1Nc2cc(C(=O)N3CCC(N4CCCCC4)CC3)ccc2Nc2ccccc21. The third kappa shape index (κ3) is 3.67. The summed E-state index contributed by atoms with van der Waals surface area (Å²) in [6.45, 7) is 4.01. The summed E-state index contributed by atoms with van der Waals surface area (Å²) in [7, 11) is 0. The third-order valence-corrected chi connectivity index (χ3v) is 6.61. The Morgan fingerprint density at radius 3 is 2.40 bits per heavy atom. The number of hydrogen-bond donors (Lipinski definition) is 2. The zero-order valence-electron chi connectivity index (χ0n) is 17.2. The number of likely N-dealkylation sites (tertiary alicyclic amines) is 2. The van der Waals surface area contributed by atoms with Gasteiger partial charge in [0.1, 0.15) is 0 Å². The highest BCUT2D eigenvalue weighted by atomic mass is 16.2. The molecule has 0 spiro atoms. The number of nitrogens with zero attached hydrogens (tertiary/aromatic N) is 2. The van der Waals surface area contributed by atoms with Gasteiger partial charge in [0.05, 0.1) is 22.6 Å². The average molecular weight is 405 g/mol. The summed E-state index contributed by atoms with van der Waals surface area (Å²) < 4.78 is 0. The lowest BCUT2D eigenvalue weighted by Crippen LogP contribution is -2.48. The molecule has 2 aromatic rings. The van der Waals surface area contributed by atoms with E-state index in [1.165, 1.54) is 32.4 Å². The van der Waals surface area contributed by atoms with Gasteiger partial charge in [-0.25, -0.2) is 0 Å². The van der Waals surface area contributed by atoms with Crippen LogP contribution >= 0.6 is 0 Å². The van der Waals surface area contributed by atoms with E-state index in [0.29, 0.717) is 22.9 Å². The highest BCUT2D eigenvalue weighted by molar-refractivity contribution is 6.12. The fraction of sp³-hybridized carbons (Fsp3) is 0.417. The van der Waals surface area contributed by atoms with Crippen molar-refractivity contribution in [2.45, 2.75) is 38.1 Å². The van der Waals surface area contributed by atoms with Gasteiger partial charge in [0.15, 0.2) is 0 Å². The number of fused-ring (bicyclic) bond motifs is 2. The van der Waals surface area contributed by atoms with Gasteiger partial charge in [-0.1, -0.05) is 18.6 Å². The lowest BCUT2D eigenvalue weighted by molar-refractivity contribution is 0.0590. The van der Waals surface area contributed by atoms with Crippen LogP contribution in [0, 0.1) is 0 Å². The molecule has 3 aliphatic rings. The molecule has 156 valence electrons. The quantitative estimate of drug-likeness (QED) is 0.791. The Hall–Kier alpha value is -2.86. The molecule has 0 bridgehead atoms. The summed E-state index contributed by atoms with van der Waals surface area (Å²) in [6, 6.07) is 13.6. The summed E-state index contributed by atoms with van der Waals surface area (Å²) in [6.07, 6.45) is 6.05. The van der Waals surface area contributed by atoms with Crippen molar-refractivity contribution in [3.8, 4) is 0 Å². The standard InChI is InChI=1S/C24H28N4O2/c29-23-19-6-2-3-7-20(19)25-21-9-8-17(16-22(21)26-23)24(30)28-14-10-18(11-15-28)27-12-4-1-5-13-27/h2-3,6-9,16,18,25H,1,4-5,10-15H2,(H,26,29). The molecule has 3 aliphatic heterocycles. The number of carbonyl (C=O) groups is 2. The maximum Gasteiger partial charge on any atom is 0.257 e. The Kier molecular flexibility index (Phi) is 5.17. The average Bonchev–Trinajstić information content (AvgIpc) is 2.94. The van der Waals surface area contributed by atoms with Crippen molar-refractivity contribution in [3.05, 3.63) is 53.6 Å². The molecule has 6 nitrogen and oxygen atoms in total. The Bertz CT molecular complexity index is 959. The van der Waals surface area contributed by atoms with Gasteiger partial charge in [0, 0.05) is 24.7 Å². The summed E-state index contributed by atoms with van der Waals surface area (Å²) in [5.74, 6) is -0.116. The van der Waals surface area contributed by atoms with Crippen molar-refractivity contribution >= 4 is 28.9 Å². The van der Waals surface area contributed by atoms with Gasteiger partial charge in [-0.3, -0.25) is 9.59 Å². The van der Waals surface area contributed by atoms with Gasteiger partial charge in [-0.05, 0) is 69.1 Å². The van der Waals surface area contributed by atoms with Crippen molar-refractivity contribution < 1.29 is 9.59 Å². The zero-order valence-corrected chi connectivity index (χ0v) is 17.2. The van der Waals surface area contributed by atoms with Gasteiger partial charge in [0.2, 0.25) is 0 Å². The van der Waals surface area contributed by atoms with Crippen LogP contribution in [0.5, 0.6) is 0 Å². The highest BCUT2D eigenvalue weighted by Crippen LogP contribution is 2.33. The van der Waals surface area contributed by atoms with E-state index in [1.807, 2.05) is 35.2 Å². The minimum atomic E-state index is -0.163. The number of piperidine rings is 2. The van der Waals surface area contributed by atoms with E-state index in [2.05, 4.69) is 15.5 Å². The normalized spacial score (nSPS) is 19.9. The molecule has 0 aliphatic carbocycles. The number of amides is 2. The van der Waals surface area contributed by atoms with Crippen LogP contribution in [0.2, 0.25) is 0 Å². The summed E-state index contributed by atoms with van der Waals surface area (Å²) in [5.41, 5.74) is 3.44. The van der Waals surface area contributed by atoms with Crippen molar-refractivity contribution in [2.75, 3.05) is 36.8 Å². The fourth-order valence-corrected chi connectivity index (χ4v) is 4.91. The van der Waals surface area contributed by atoms with Crippen molar-refractivity contribution in [3.63, 3.8) is 0 Å². The van der Waals surface area contributed by atoms with Crippen LogP contribution in [0.3, 0.4) is 0 Å². The first kappa shape index (κ1) is 19.1. The lowest BCUT2D eigenvalue weighted by atomic mass is 9.99. The second kappa shape index (κ2) is 8.11. The monoisotopic (exact) mass is 404 g/mol. The minimum Gasteiger partial charge on any atom is -0.353 e. The molecule has 2 saturated heterocycles. The first-order valence-corrected chi connectivity index (χ1v) is 11.0. The van der Waals surface area contributed by atoms with Gasteiger partial charge < -0.3 is 20.4 Å². The number of hydrogen-bond acceptors (Lipinski definition) is 4. The van der Waals surface area contributed by atoms with Crippen LogP contribution in [0.25, 0.3) is 0 Å². The molecule has 30 heavy (non-hydrogen) atoms. The highest BCUT2D eigenvalue weighted by Gasteiger charge is 2.28. The van der Waals surface area contributed by atoms with Gasteiger partial charge in [-0.15, -0.1) is 0 Å². The number of para-hydroxylation sites is 1. The maximum atomic E-state index is 13.1. The van der Waals surface area contributed by atoms with E-state index in [-0.39, 0.29) is 11.8 Å². The van der Waals surface area contributed by atoms with Crippen LogP contribution in [0.4, 0.5) is 17.1 Å². The van der Waals surface area contributed by atoms with Crippen LogP contribution in [-0.4, -0.2) is 53.8 Å². The molecule has 0 radical (unpaired) electrons. The number of rotatable bonds is 2. The predicted octanol–water partition coefficient (Wildman–Crippen LogP) is 4.09. The topological polar surface area (TPSA) is 64.7 Å². The number of anilines is 3. The second-order valence-corrected chi connectivity index (χ2v) is 8.51. The maximum absolute atomic E-state index is 13.1. The van der Waals surface area contributed by atoms with E-state index in [9.17, 15) is 9.59 Å². The predicted molar refractivity (Wildman–Crippen MR) is 118 cm³/mol. The summed E-state index contributed by atoms with van der Waals surface area (Å²) >= 11 is 0. The van der Waals surface area contributed by atoms with Gasteiger partial charge >= 0.3 is 0 Å². The van der Waals surface area contributed by atoms with Gasteiger partial charge in [0.25, 0.3) is 11.8 Å². The van der Waals surface area contributed by atoms with E-state index in [4.69, 9.17) is 0 Å². The Balaban J connectivity index is 1.28. The molecule has 2 fully saturated rings. The molecule has 0 unspecified atom stereocenters. The Labute approximate surface area is 177 Å². The van der Waals surface area contributed by atoms with E-state index in [1.54, 1.807) is 12.1 Å². The van der Waals surface area contributed by atoms with Crippen LogP contribution < -0.4 is 10.6 Å². The van der Waals surface area contributed by atoms with E-state index < -0.39 is 0 Å². The molecule has 2 N–H and O–H groups in total. The molecule has 6 heteroatoms.